The molecule has 2 fully saturated rings. The Balaban J connectivity index is 1.85. The van der Waals surface area contributed by atoms with Crippen LogP contribution in [0.15, 0.2) is 30.3 Å². The Hall–Kier alpha value is -3.63. The minimum absolute atomic E-state index is 0.0773. The number of carboxylic acid groups (broad SMARTS) is 1. The number of benzene rings is 1. The van der Waals surface area contributed by atoms with Gasteiger partial charge in [-0.15, -0.1) is 0 Å². The molecule has 0 spiro atoms. The Morgan fingerprint density at radius 3 is 2.41 bits per heavy atom. The molecule has 4 amide bonds. The zero-order chi connectivity index (χ0) is 23.6. The Bertz CT molecular complexity index is 928. The molecule has 4 N–H and O–H groups in total. The van der Waals surface area contributed by atoms with Crippen LogP contribution >= 0.6 is 0 Å². The van der Waals surface area contributed by atoms with Gasteiger partial charge in [-0.2, -0.15) is 0 Å². The lowest BCUT2D eigenvalue weighted by Crippen LogP contribution is -2.66. The van der Waals surface area contributed by atoms with Crippen LogP contribution in [0.5, 0.6) is 0 Å². The van der Waals surface area contributed by atoms with Crippen LogP contribution in [0.25, 0.3) is 0 Å². The summed E-state index contributed by atoms with van der Waals surface area (Å²) in [5, 5.41) is 16.8. The Morgan fingerprint density at radius 1 is 1.16 bits per heavy atom. The lowest BCUT2D eigenvalue weighted by Gasteiger charge is -2.35. The van der Waals surface area contributed by atoms with Crippen LogP contribution in [0.3, 0.4) is 0 Å². The van der Waals surface area contributed by atoms with Crippen molar-refractivity contribution in [3.63, 3.8) is 0 Å². The first-order valence-corrected chi connectivity index (χ1v) is 10.1. The number of fused-ring (bicyclic) bond motifs is 1. The zero-order valence-electron chi connectivity index (χ0n) is 18.0. The third kappa shape index (κ3) is 5.16. The molecular formula is C21H26N4O7. The highest BCUT2D eigenvalue weighted by atomic mass is 16.6. The van der Waals surface area contributed by atoms with Gasteiger partial charge in [-0.05, 0) is 32.9 Å². The molecule has 2 heterocycles. The van der Waals surface area contributed by atoms with Crippen molar-refractivity contribution in [2.24, 2.45) is 0 Å². The molecule has 0 unspecified atom stereocenters. The number of carbonyl (C=O) groups excluding carboxylic acids is 4. The highest BCUT2D eigenvalue weighted by Crippen LogP contribution is 2.25. The van der Waals surface area contributed by atoms with Crippen LogP contribution in [0.2, 0.25) is 0 Å². The van der Waals surface area contributed by atoms with Gasteiger partial charge in [-0.3, -0.25) is 19.2 Å². The normalized spacial score (nSPS) is 24.9. The number of nitrogens with zero attached hydrogens (tertiary/aromatic N) is 1. The van der Waals surface area contributed by atoms with Crippen molar-refractivity contribution in [3.05, 3.63) is 35.9 Å². The molecule has 3 rings (SSSR count). The van der Waals surface area contributed by atoms with Gasteiger partial charge in [-0.25, -0.2) is 4.79 Å². The monoisotopic (exact) mass is 446 g/mol. The summed E-state index contributed by atoms with van der Waals surface area (Å²) in [6.45, 7) is 4.95. The van der Waals surface area contributed by atoms with E-state index in [0.717, 1.165) is 0 Å². The van der Waals surface area contributed by atoms with E-state index in [-0.39, 0.29) is 6.54 Å². The predicted molar refractivity (Wildman–Crippen MR) is 111 cm³/mol. The van der Waals surface area contributed by atoms with E-state index in [1.54, 1.807) is 51.1 Å². The molecule has 11 heteroatoms. The molecule has 1 aromatic carbocycles. The molecule has 11 nitrogen and oxygen atoms in total. The van der Waals surface area contributed by atoms with Crippen LogP contribution in [0.1, 0.15) is 37.6 Å². The second-order valence-corrected chi connectivity index (χ2v) is 8.71. The molecule has 0 aromatic heterocycles. The van der Waals surface area contributed by atoms with Crippen molar-refractivity contribution in [2.75, 3.05) is 6.54 Å². The fourth-order valence-corrected chi connectivity index (χ4v) is 3.82. The molecular weight excluding hydrogens is 420 g/mol. The molecule has 2 aliphatic rings. The molecule has 1 aromatic rings. The summed E-state index contributed by atoms with van der Waals surface area (Å²) >= 11 is 0. The molecule has 0 saturated carbocycles. The van der Waals surface area contributed by atoms with Gasteiger partial charge in [0.05, 0.1) is 18.5 Å². The topological polar surface area (TPSA) is 154 Å². The second kappa shape index (κ2) is 8.85. The zero-order valence-corrected chi connectivity index (χ0v) is 18.0. The minimum atomic E-state index is -1.24. The molecule has 32 heavy (non-hydrogen) atoms. The first-order valence-electron chi connectivity index (χ1n) is 10.1. The SMILES string of the molecule is CC(C)(C)OC(=O)N[C@H]1[C@H]2C(=O)N[C@@H](CC(=O)O)C(=O)N2C[C@H]1NC(=O)c1ccccc1. The number of carboxylic acids is 1. The van der Waals surface area contributed by atoms with Gasteiger partial charge in [-0.1, -0.05) is 18.2 Å². The van der Waals surface area contributed by atoms with Gasteiger partial charge in [0.1, 0.15) is 17.7 Å². The average molecular weight is 446 g/mol. The number of aliphatic carboxylic acids is 1. The van der Waals surface area contributed by atoms with Gasteiger partial charge in [0.2, 0.25) is 11.8 Å². The largest absolute Gasteiger partial charge is 0.481 e. The van der Waals surface area contributed by atoms with Crippen molar-refractivity contribution in [1.29, 1.82) is 0 Å². The molecule has 0 radical (unpaired) electrons. The third-order valence-electron chi connectivity index (χ3n) is 5.08. The summed E-state index contributed by atoms with van der Waals surface area (Å²) in [7, 11) is 0. The van der Waals surface area contributed by atoms with Crippen molar-refractivity contribution >= 4 is 29.8 Å². The quantitative estimate of drug-likeness (QED) is 0.491. The highest BCUT2D eigenvalue weighted by molar-refractivity contribution is 6.00. The van der Waals surface area contributed by atoms with Crippen molar-refractivity contribution in [2.45, 2.75) is 57.0 Å². The maximum atomic E-state index is 12.8. The maximum Gasteiger partial charge on any atom is 0.408 e. The standard InChI is InChI=1S/C21H26N4O7/c1-21(2,3)32-20(31)24-15-13(23-17(28)11-7-5-4-6-8-11)10-25-16(15)18(29)22-12(19(25)30)9-14(26)27/h4-8,12-13,15-16H,9-10H2,1-3H3,(H,22,29)(H,23,28)(H,24,31)(H,26,27)/t12-,13+,15+,16-/m0/s1. The van der Waals surface area contributed by atoms with Gasteiger partial charge < -0.3 is 30.7 Å². The van der Waals surface area contributed by atoms with Crippen molar-refractivity contribution < 1.29 is 33.8 Å². The Kier molecular flexibility index (Phi) is 6.37. The van der Waals surface area contributed by atoms with E-state index in [4.69, 9.17) is 9.84 Å². The number of hydrogen-bond acceptors (Lipinski definition) is 6. The molecule has 172 valence electrons. The van der Waals surface area contributed by atoms with Gasteiger partial charge in [0, 0.05) is 12.1 Å². The lowest BCUT2D eigenvalue weighted by atomic mass is 10.0. The number of hydrogen-bond donors (Lipinski definition) is 4. The van der Waals surface area contributed by atoms with Gasteiger partial charge in [0.25, 0.3) is 5.91 Å². The predicted octanol–water partition coefficient (Wildman–Crippen LogP) is -0.138. The number of amides is 4. The minimum Gasteiger partial charge on any atom is -0.481 e. The first-order chi connectivity index (χ1) is 15.0. The summed E-state index contributed by atoms with van der Waals surface area (Å²) in [4.78, 5) is 63.0. The fraction of sp³-hybridized carbons (Fsp3) is 0.476. The van der Waals surface area contributed by atoms with Crippen molar-refractivity contribution in [3.8, 4) is 0 Å². The van der Waals surface area contributed by atoms with Crippen LogP contribution in [-0.4, -0.2) is 76.1 Å². The number of rotatable bonds is 5. The number of alkyl carbamates (subject to hydrolysis) is 1. The van der Waals surface area contributed by atoms with Gasteiger partial charge >= 0.3 is 12.1 Å². The summed E-state index contributed by atoms with van der Waals surface area (Å²) in [6, 6.07) is 4.22. The third-order valence-corrected chi connectivity index (χ3v) is 5.08. The molecule has 2 aliphatic heterocycles. The van der Waals surface area contributed by atoms with E-state index < -0.39 is 66.0 Å². The number of piperazine rings is 1. The lowest BCUT2D eigenvalue weighted by molar-refractivity contribution is -0.150. The summed E-state index contributed by atoms with van der Waals surface area (Å²) in [6.07, 6.45) is -1.38. The molecule has 4 atom stereocenters. The van der Waals surface area contributed by atoms with Crippen LogP contribution in [-0.2, 0) is 19.1 Å². The Morgan fingerprint density at radius 2 is 1.81 bits per heavy atom. The Labute approximate surface area is 184 Å². The second-order valence-electron chi connectivity index (χ2n) is 8.71. The van der Waals surface area contributed by atoms with Crippen LogP contribution in [0, 0.1) is 0 Å². The van der Waals surface area contributed by atoms with E-state index >= 15 is 0 Å². The van der Waals surface area contributed by atoms with Gasteiger partial charge in [0.15, 0.2) is 0 Å². The molecule has 2 saturated heterocycles. The number of nitrogens with one attached hydrogen (secondary N) is 3. The van der Waals surface area contributed by atoms with Crippen LogP contribution < -0.4 is 16.0 Å². The van der Waals surface area contributed by atoms with E-state index in [0.29, 0.717) is 5.56 Å². The number of carbonyl (C=O) groups is 5. The van der Waals surface area contributed by atoms with Crippen molar-refractivity contribution in [1.82, 2.24) is 20.9 Å². The smallest absolute Gasteiger partial charge is 0.408 e. The fourth-order valence-electron chi connectivity index (χ4n) is 3.82. The van der Waals surface area contributed by atoms with E-state index in [1.807, 2.05) is 0 Å². The first kappa shape index (κ1) is 23.0. The van der Waals surface area contributed by atoms with E-state index in [1.165, 1.54) is 4.90 Å². The maximum absolute atomic E-state index is 12.8. The highest BCUT2D eigenvalue weighted by Gasteiger charge is 2.54. The summed E-state index contributed by atoms with van der Waals surface area (Å²) < 4.78 is 5.28. The number of ether oxygens (including phenoxy) is 1. The average Bonchev–Trinajstić information content (AvgIpc) is 3.03. The molecule has 0 aliphatic carbocycles. The summed E-state index contributed by atoms with van der Waals surface area (Å²) in [5.41, 5.74) is -0.435. The summed E-state index contributed by atoms with van der Waals surface area (Å²) in [5.74, 6) is -2.89. The molecule has 0 bridgehead atoms. The van der Waals surface area contributed by atoms with E-state index in [9.17, 15) is 24.0 Å². The van der Waals surface area contributed by atoms with E-state index in [2.05, 4.69) is 16.0 Å². The van der Waals surface area contributed by atoms with Crippen LogP contribution in [0.4, 0.5) is 4.79 Å².